The third-order valence-corrected chi connectivity index (χ3v) is 6.98. The summed E-state index contributed by atoms with van der Waals surface area (Å²) >= 11 is 1.33. The second-order valence-electron chi connectivity index (χ2n) is 8.53. The van der Waals surface area contributed by atoms with Crippen LogP contribution in [-0.2, 0) is 19.1 Å². The lowest BCUT2D eigenvalue weighted by Crippen LogP contribution is -2.32. The van der Waals surface area contributed by atoms with Crippen LogP contribution in [0.3, 0.4) is 0 Å². The number of ether oxygens (including phenoxy) is 2. The average Bonchev–Trinajstić information content (AvgIpc) is 3.36. The molecule has 2 aromatic heterocycles. The third-order valence-electron chi connectivity index (χ3n) is 6.22. The first-order valence-electron chi connectivity index (χ1n) is 11.5. The number of esters is 2. The first-order valence-corrected chi connectivity index (χ1v) is 12.4. The molecular formula is C27H25N5O5S. The Kier molecular flexibility index (Phi) is 7.45. The number of thiazole rings is 1. The summed E-state index contributed by atoms with van der Waals surface area (Å²) in [4.78, 5) is 45.1. The molecule has 0 atom stereocenters. The van der Waals surface area contributed by atoms with Crippen molar-refractivity contribution in [3.8, 4) is 17.3 Å². The minimum absolute atomic E-state index is 0.000596. The fraction of sp³-hybridized carbons (Fsp3) is 0.222. The lowest BCUT2D eigenvalue weighted by atomic mass is 9.79. The molecule has 194 valence electrons. The number of rotatable bonds is 6. The number of aromatic nitrogens is 2. The van der Waals surface area contributed by atoms with Gasteiger partial charge in [-0.3, -0.25) is 4.79 Å². The van der Waals surface area contributed by atoms with E-state index >= 15 is 0 Å². The molecule has 0 radical (unpaired) electrons. The van der Waals surface area contributed by atoms with Gasteiger partial charge in [0, 0.05) is 33.7 Å². The van der Waals surface area contributed by atoms with E-state index in [4.69, 9.17) is 9.47 Å². The number of para-hydroxylation sites is 1. The van der Waals surface area contributed by atoms with Crippen molar-refractivity contribution in [1.82, 2.24) is 15.3 Å². The molecule has 4 rings (SSSR count). The summed E-state index contributed by atoms with van der Waals surface area (Å²) in [5, 5.41) is 18.0. The Balaban J connectivity index is 1.79. The molecule has 10 nitrogen and oxygen atoms in total. The average molecular weight is 532 g/mol. The highest BCUT2D eigenvalue weighted by Crippen LogP contribution is 2.43. The number of anilines is 2. The smallest absolute Gasteiger partial charge is 0.336 e. The number of dihydropyridines is 1. The zero-order valence-corrected chi connectivity index (χ0v) is 22.2. The van der Waals surface area contributed by atoms with Gasteiger partial charge < -0.3 is 25.1 Å². The number of carbonyl (C=O) groups excluding carboxylic acids is 2. The third kappa shape index (κ3) is 4.81. The summed E-state index contributed by atoms with van der Waals surface area (Å²) in [5.74, 6) is -1.90. The van der Waals surface area contributed by atoms with E-state index in [9.17, 15) is 19.6 Å². The molecule has 0 aliphatic carbocycles. The van der Waals surface area contributed by atoms with E-state index in [-0.39, 0.29) is 5.56 Å². The van der Waals surface area contributed by atoms with Crippen molar-refractivity contribution in [2.45, 2.75) is 26.7 Å². The molecule has 0 fully saturated rings. The fourth-order valence-corrected chi connectivity index (χ4v) is 5.19. The normalized spacial score (nSPS) is 13.6. The van der Waals surface area contributed by atoms with E-state index < -0.39 is 23.4 Å². The number of hydrogen-bond acceptors (Lipinski definition) is 10. The van der Waals surface area contributed by atoms with E-state index in [0.29, 0.717) is 55.9 Å². The van der Waals surface area contributed by atoms with Crippen molar-refractivity contribution in [3.05, 3.63) is 85.4 Å². The number of nitrogens with zero attached hydrogens (tertiary/aromatic N) is 2. The van der Waals surface area contributed by atoms with Crippen LogP contribution in [0.5, 0.6) is 0 Å². The standard InChI is InChI=1S/C27H25N5O5S/c1-13-18(10-16(11-28)24(33)30-13)20-12-38-27(32-20)31-19-9-7-6-8-17(19)23-21(25(34)36-4)14(2)29-15(3)22(23)26(35)37-5/h6-10,12,23,29H,1-5H3,(H,30,33)(H,31,32). The van der Waals surface area contributed by atoms with Gasteiger partial charge in [-0.2, -0.15) is 5.26 Å². The number of methoxy groups -OCH3 is 2. The summed E-state index contributed by atoms with van der Waals surface area (Å²) in [6.45, 7) is 5.24. The quantitative estimate of drug-likeness (QED) is 0.402. The van der Waals surface area contributed by atoms with Gasteiger partial charge in [-0.15, -0.1) is 11.3 Å². The van der Waals surface area contributed by atoms with E-state index in [2.05, 4.69) is 20.6 Å². The zero-order chi connectivity index (χ0) is 27.6. The highest BCUT2D eigenvalue weighted by molar-refractivity contribution is 7.14. The predicted molar refractivity (Wildman–Crippen MR) is 143 cm³/mol. The molecule has 1 aromatic carbocycles. The molecule has 0 spiro atoms. The largest absolute Gasteiger partial charge is 0.466 e. The molecule has 0 unspecified atom stereocenters. The Labute approximate surface area is 222 Å². The number of nitriles is 1. The second kappa shape index (κ2) is 10.7. The Morgan fingerprint density at radius 3 is 2.32 bits per heavy atom. The number of allylic oxidation sites excluding steroid dienone is 2. The molecule has 1 aliphatic heterocycles. The molecule has 38 heavy (non-hydrogen) atoms. The molecule has 0 bridgehead atoms. The Hall–Kier alpha value is -4.69. The van der Waals surface area contributed by atoms with Crippen molar-refractivity contribution in [2.24, 2.45) is 0 Å². The van der Waals surface area contributed by atoms with E-state index in [1.807, 2.05) is 35.7 Å². The molecule has 3 N–H and O–H groups in total. The molecule has 11 heteroatoms. The van der Waals surface area contributed by atoms with Crippen LogP contribution in [0.25, 0.3) is 11.3 Å². The van der Waals surface area contributed by atoms with Gasteiger partial charge in [-0.05, 0) is 38.5 Å². The molecule has 0 saturated carbocycles. The number of nitrogens with one attached hydrogen (secondary N) is 3. The van der Waals surface area contributed by atoms with Gasteiger partial charge in [0.05, 0.1) is 37.0 Å². The van der Waals surface area contributed by atoms with Crippen LogP contribution in [0.1, 0.15) is 36.6 Å². The maximum Gasteiger partial charge on any atom is 0.336 e. The number of pyridine rings is 1. The molecular weight excluding hydrogens is 506 g/mol. The molecule has 0 saturated heterocycles. The maximum absolute atomic E-state index is 12.9. The Morgan fingerprint density at radius 2 is 1.71 bits per heavy atom. The number of aromatic amines is 1. The van der Waals surface area contributed by atoms with Crippen LogP contribution in [0, 0.1) is 18.3 Å². The van der Waals surface area contributed by atoms with Crippen molar-refractivity contribution in [1.29, 1.82) is 5.26 Å². The minimum Gasteiger partial charge on any atom is -0.466 e. The monoisotopic (exact) mass is 531 g/mol. The number of carbonyl (C=O) groups is 2. The Bertz CT molecular complexity index is 1570. The molecule has 1 aliphatic rings. The first kappa shape index (κ1) is 26.4. The lowest BCUT2D eigenvalue weighted by Gasteiger charge is -2.31. The van der Waals surface area contributed by atoms with Gasteiger partial charge in [0.2, 0.25) is 0 Å². The highest BCUT2D eigenvalue weighted by Gasteiger charge is 2.38. The molecule has 3 heterocycles. The first-order chi connectivity index (χ1) is 18.2. The number of benzene rings is 1. The zero-order valence-electron chi connectivity index (χ0n) is 21.4. The molecule has 0 amide bonds. The van der Waals surface area contributed by atoms with Crippen LogP contribution in [0.4, 0.5) is 10.8 Å². The highest BCUT2D eigenvalue weighted by atomic mass is 32.1. The van der Waals surface area contributed by atoms with Gasteiger partial charge in [0.1, 0.15) is 11.6 Å². The molecule has 3 aromatic rings. The maximum atomic E-state index is 12.9. The summed E-state index contributed by atoms with van der Waals surface area (Å²) in [7, 11) is 2.58. The number of hydrogen-bond donors (Lipinski definition) is 3. The van der Waals surface area contributed by atoms with Crippen molar-refractivity contribution in [2.75, 3.05) is 19.5 Å². The number of H-pyrrole nitrogens is 1. The Morgan fingerprint density at radius 1 is 1.08 bits per heavy atom. The topological polar surface area (TPSA) is 146 Å². The second-order valence-corrected chi connectivity index (χ2v) is 9.39. The van der Waals surface area contributed by atoms with Gasteiger partial charge in [0.25, 0.3) is 5.56 Å². The SMILES string of the molecule is COC(=O)C1=C(C)NC(C)=C(C(=O)OC)C1c1ccccc1Nc1nc(-c2cc(C#N)c(=O)[nH]c2C)cs1. The lowest BCUT2D eigenvalue weighted by molar-refractivity contribution is -0.137. The van der Waals surface area contributed by atoms with Gasteiger partial charge in [0.15, 0.2) is 5.13 Å². The predicted octanol–water partition coefficient (Wildman–Crippen LogP) is 4.00. The summed E-state index contributed by atoms with van der Waals surface area (Å²) in [6.07, 6.45) is 0. The van der Waals surface area contributed by atoms with Gasteiger partial charge in [-0.25, -0.2) is 14.6 Å². The van der Waals surface area contributed by atoms with Crippen molar-refractivity contribution in [3.63, 3.8) is 0 Å². The van der Waals surface area contributed by atoms with Crippen LogP contribution in [0.15, 0.2) is 63.0 Å². The van der Waals surface area contributed by atoms with E-state index in [0.717, 1.165) is 0 Å². The summed E-state index contributed by atoms with van der Waals surface area (Å²) in [5.41, 5.74) is 4.35. The summed E-state index contributed by atoms with van der Waals surface area (Å²) in [6, 6.07) is 10.7. The minimum atomic E-state index is -0.765. The van der Waals surface area contributed by atoms with Crippen molar-refractivity contribution >= 4 is 34.1 Å². The van der Waals surface area contributed by atoms with Crippen LogP contribution in [0.2, 0.25) is 0 Å². The van der Waals surface area contributed by atoms with Crippen LogP contribution >= 0.6 is 11.3 Å². The van der Waals surface area contributed by atoms with Gasteiger partial charge in [-0.1, -0.05) is 18.2 Å². The van der Waals surface area contributed by atoms with E-state index in [1.54, 1.807) is 20.8 Å². The van der Waals surface area contributed by atoms with E-state index in [1.165, 1.54) is 31.6 Å². The fourth-order valence-electron chi connectivity index (χ4n) is 4.47. The van der Waals surface area contributed by atoms with Gasteiger partial charge >= 0.3 is 11.9 Å². The van der Waals surface area contributed by atoms with Crippen LogP contribution in [-0.4, -0.2) is 36.1 Å². The van der Waals surface area contributed by atoms with Crippen LogP contribution < -0.4 is 16.2 Å². The van der Waals surface area contributed by atoms with Crippen molar-refractivity contribution < 1.29 is 19.1 Å². The summed E-state index contributed by atoms with van der Waals surface area (Å²) < 4.78 is 10.1. The number of aryl methyl sites for hydroxylation is 1.